The van der Waals surface area contributed by atoms with Gasteiger partial charge in [-0.2, -0.15) is 0 Å². The molecule has 0 aromatic rings. The lowest BCUT2D eigenvalue weighted by Gasteiger charge is -2.65. The molecule has 0 bridgehead atoms. The van der Waals surface area contributed by atoms with Gasteiger partial charge in [0.05, 0.1) is 54.9 Å². The van der Waals surface area contributed by atoms with Crippen LogP contribution in [0.3, 0.4) is 0 Å². The Morgan fingerprint density at radius 1 is 0.603 bits per heavy atom. The molecule has 2 spiro atoms. The molecule has 4 aliphatic heterocycles. The van der Waals surface area contributed by atoms with E-state index in [2.05, 4.69) is 34.6 Å². The summed E-state index contributed by atoms with van der Waals surface area (Å²) in [6, 6.07) is 0. The van der Waals surface area contributed by atoms with Gasteiger partial charge in [0.2, 0.25) is 0 Å². The van der Waals surface area contributed by atoms with Gasteiger partial charge in [-0.15, -0.1) is 0 Å². The first-order chi connectivity index (χ1) is 29.3. The van der Waals surface area contributed by atoms with E-state index in [1.807, 2.05) is 0 Å². The number of rotatable bonds is 8. The van der Waals surface area contributed by atoms with Gasteiger partial charge >= 0.3 is 0 Å². The van der Waals surface area contributed by atoms with Crippen LogP contribution in [0.2, 0.25) is 0 Å². The summed E-state index contributed by atoms with van der Waals surface area (Å²) in [6.45, 7) is 15.6. The fraction of sp³-hybridized carbons (Fsp3) is 1.00. The number of hydrogen-bond donors (Lipinski definition) is 10. The zero-order chi connectivity index (χ0) is 45.8. The molecule has 0 radical (unpaired) electrons. The summed E-state index contributed by atoms with van der Waals surface area (Å²) in [5, 5.41) is 109. The summed E-state index contributed by atoms with van der Waals surface area (Å²) in [5.41, 5.74) is -3.35. The Kier molecular flexibility index (Phi) is 11.8. The van der Waals surface area contributed by atoms with Crippen LogP contribution in [-0.4, -0.2) is 180 Å². The van der Waals surface area contributed by atoms with E-state index in [1.54, 1.807) is 13.8 Å². The van der Waals surface area contributed by atoms with Crippen molar-refractivity contribution in [2.75, 3.05) is 13.2 Å². The van der Waals surface area contributed by atoms with Gasteiger partial charge in [0.15, 0.2) is 18.9 Å². The van der Waals surface area contributed by atoms with Crippen LogP contribution in [0.4, 0.5) is 0 Å². The molecule has 0 aromatic carbocycles. The van der Waals surface area contributed by atoms with Crippen LogP contribution < -0.4 is 0 Å². The Labute approximate surface area is 370 Å². The molecule has 22 unspecified atom stereocenters. The highest BCUT2D eigenvalue weighted by Gasteiger charge is 2.85. The molecule has 9 fully saturated rings. The quantitative estimate of drug-likeness (QED) is 0.146. The van der Waals surface area contributed by atoms with Crippen LogP contribution in [0.15, 0.2) is 0 Å². The van der Waals surface area contributed by atoms with Crippen LogP contribution in [0, 0.1) is 44.8 Å². The standard InChI is InChI=1S/C46H76O17/c1-20-28(50)31(53)33(55)38(59-20)62-34-30(52)23(49)18-58-39(34)61-26-10-12-46-19-45(46)14-13-42(6)35(44(8)11-9-27(63-44)41(4,5)56)21(47)16-43(42,7)25(45)15-24(36(46)40(26,2)3)60-37-32(54)29(51)22(48)17-57-37/h20-39,47-56H,9-19H2,1-8H3/t20?,21?,22?,23?,24-,25?,26?,27-,28?,29?,30?,31?,32?,33?,34?,35?,36?,37?,38?,39?,42?,43-,44?,45?,46?/m0/s1. The van der Waals surface area contributed by atoms with Gasteiger partial charge in [0, 0.05) is 5.92 Å². The third-order valence-corrected chi connectivity index (χ3v) is 19.3. The molecule has 25 atom stereocenters. The molecule has 0 amide bonds. The highest BCUT2D eigenvalue weighted by atomic mass is 16.8. The van der Waals surface area contributed by atoms with Crippen molar-refractivity contribution in [3.63, 3.8) is 0 Å². The predicted octanol–water partition coefficient (Wildman–Crippen LogP) is 0.215. The SMILES string of the molecule is CC1OC(OC2C(OC3CCC45CC46CCC4(C)C(C7(C)CC[C@@H](C(C)(C)O)O7)C(O)C[C@@]4(C)C6C[C@H](OC4OCC(O)C(O)C4O)C5C3(C)C)OCC(O)C2O)C(O)C(O)C1O. The van der Waals surface area contributed by atoms with Crippen LogP contribution in [0.5, 0.6) is 0 Å². The average molecular weight is 901 g/mol. The summed E-state index contributed by atoms with van der Waals surface area (Å²) >= 11 is 0. The van der Waals surface area contributed by atoms with E-state index in [1.165, 1.54) is 6.92 Å². The molecule has 362 valence electrons. The maximum atomic E-state index is 12.3. The Hall–Kier alpha value is -0.680. The minimum Gasteiger partial charge on any atom is -0.393 e. The first kappa shape index (κ1) is 47.4. The van der Waals surface area contributed by atoms with E-state index in [-0.39, 0.29) is 58.7 Å². The van der Waals surface area contributed by atoms with Crippen molar-refractivity contribution in [1.29, 1.82) is 0 Å². The average Bonchev–Trinajstić information content (AvgIpc) is 3.57. The Balaban J connectivity index is 1.03. The number of hydrogen-bond acceptors (Lipinski definition) is 17. The molecule has 4 saturated heterocycles. The molecule has 63 heavy (non-hydrogen) atoms. The van der Waals surface area contributed by atoms with Gasteiger partial charge in [-0.1, -0.05) is 27.7 Å². The topological polar surface area (TPSA) is 267 Å². The summed E-state index contributed by atoms with van der Waals surface area (Å²) in [4.78, 5) is 0. The van der Waals surface area contributed by atoms with Crippen LogP contribution in [0.25, 0.3) is 0 Å². The van der Waals surface area contributed by atoms with Crippen molar-refractivity contribution in [2.45, 2.75) is 229 Å². The Bertz CT molecular complexity index is 1700. The van der Waals surface area contributed by atoms with E-state index >= 15 is 0 Å². The van der Waals surface area contributed by atoms with E-state index in [4.69, 9.17) is 33.2 Å². The summed E-state index contributed by atoms with van der Waals surface area (Å²) in [7, 11) is 0. The molecule has 5 aliphatic carbocycles. The zero-order valence-corrected chi connectivity index (χ0v) is 38.2. The zero-order valence-electron chi connectivity index (χ0n) is 38.2. The molecule has 17 heteroatoms. The number of aliphatic hydroxyl groups excluding tert-OH is 9. The number of ether oxygens (including phenoxy) is 7. The number of fused-ring (bicyclic) bond motifs is 2. The van der Waals surface area contributed by atoms with Gasteiger partial charge in [0.25, 0.3) is 0 Å². The van der Waals surface area contributed by atoms with Crippen molar-refractivity contribution in [3.05, 3.63) is 0 Å². The van der Waals surface area contributed by atoms with Crippen molar-refractivity contribution in [1.82, 2.24) is 0 Å². The molecule has 0 aromatic heterocycles. The van der Waals surface area contributed by atoms with Crippen molar-refractivity contribution in [3.8, 4) is 0 Å². The van der Waals surface area contributed by atoms with Gasteiger partial charge in [-0.05, 0) is 124 Å². The van der Waals surface area contributed by atoms with E-state index < -0.39 is 115 Å². The first-order valence-electron chi connectivity index (χ1n) is 23.6. The molecule has 17 nitrogen and oxygen atoms in total. The van der Waals surface area contributed by atoms with E-state index in [0.29, 0.717) is 25.7 Å². The maximum Gasteiger partial charge on any atom is 0.187 e. The fourth-order valence-electron chi connectivity index (χ4n) is 16.0. The molecule has 4 heterocycles. The first-order valence-corrected chi connectivity index (χ1v) is 23.6. The molecule has 5 saturated carbocycles. The monoisotopic (exact) mass is 901 g/mol. The van der Waals surface area contributed by atoms with Crippen molar-refractivity contribution >= 4 is 0 Å². The fourth-order valence-corrected chi connectivity index (χ4v) is 16.0. The van der Waals surface area contributed by atoms with Crippen LogP contribution in [-0.2, 0) is 33.2 Å². The maximum absolute atomic E-state index is 12.3. The second-order valence-corrected chi connectivity index (χ2v) is 23.4. The Morgan fingerprint density at radius 2 is 1.25 bits per heavy atom. The minimum absolute atomic E-state index is 0.0959. The molecule has 9 aliphatic rings. The Morgan fingerprint density at radius 3 is 1.92 bits per heavy atom. The lowest BCUT2D eigenvalue weighted by Crippen LogP contribution is -2.65. The second-order valence-electron chi connectivity index (χ2n) is 23.4. The normalized spacial score (nSPS) is 59.0. The van der Waals surface area contributed by atoms with Gasteiger partial charge in [-0.3, -0.25) is 0 Å². The van der Waals surface area contributed by atoms with Crippen molar-refractivity contribution < 1.29 is 84.2 Å². The lowest BCUT2D eigenvalue weighted by atomic mass is 9.41. The molecular formula is C46H76O17. The van der Waals surface area contributed by atoms with E-state index in [0.717, 1.165) is 32.1 Å². The van der Waals surface area contributed by atoms with Gasteiger partial charge < -0.3 is 84.2 Å². The number of aliphatic hydroxyl groups is 10. The molecular weight excluding hydrogens is 824 g/mol. The lowest BCUT2D eigenvalue weighted by molar-refractivity contribution is -0.366. The van der Waals surface area contributed by atoms with Gasteiger partial charge in [0.1, 0.15) is 54.9 Å². The highest BCUT2D eigenvalue weighted by Crippen LogP contribution is 2.89. The smallest absolute Gasteiger partial charge is 0.187 e. The summed E-state index contributed by atoms with van der Waals surface area (Å²) in [6.07, 6.45) is -13.3. The van der Waals surface area contributed by atoms with Crippen LogP contribution >= 0.6 is 0 Å². The predicted molar refractivity (Wildman–Crippen MR) is 219 cm³/mol. The van der Waals surface area contributed by atoms with Crippen molar-refractivity contribution in [2.24, 2.45) is 44.8 Å². The van der Waals surface area contributed by atoms with Gasteiger partial charge in [-0.25, -0.2) is 0 Å². The second kappa shape index (κ2) is 15.7. The largest absolute Gasteiger partial charge is 0.393 e. The highest BCUT2D eigenvalue weighted by molar-refractivity contribution is 5.33. The van der Waals surface area contributed by atoms with E-state index in [9.17, 15) is 51.1 Å². The van der Waals surface area contributed by atoms with Crippen LogP contribution in [0.1, 0.15) is 113 Å². The third kappa shape index (κ3) is 6.94. The minimum atomic E-state index is -1.67. The molecule has 9 rings (SSSR count). The summed E-state index contributed by atoms with van der Waals surface area (Å²) in [5.74, 6) is -0.264. The third-order valence-electron chi connectivity index (χ3n) is 19.3. The summed E-state index contributed by atoms with van der Waals surface area (Å²) < 4.78 is 44.4. The molecule has 10 N–H and O–H groups in total.